The SMILES string of the molecule is O=C(NCCc1noc(-c2ccccc2)n1)Nc1ccnn1C1CCCC1. The third-order valence-electron chi connectivity index (χ3n) is 4.71. The van der Waals surface area contributed by atoms with Gasteiger partial charge in [0.2, 0.25) is 0 Å². The van der Waals surface area contributed by atoms with Gasteiger partial charge < -0.3 is 9.84 Å². The highest BCUT2D eigenvalue weighted by Gasteiger charge is 2.20. The molecule has 4 rings (SSSR count). The van der Waals surface area contributed by atoms with Crippen LogP contribution in [0, 0.1) is 0 Å². The number of anilines is 1. The van der Waals surface area contributed by atoms with Crippen molar-refractivity contribution in [2.24, 2.45) is 0 Å². The Morgan fingerprint density at radius 3 is 2.81 bits per heavy atom. The molecule has 1 aliphatic carbocycles. The molecule has 0 atom stereocenters. The lowest BCUT2D eigenvalue weighted by atomic mass is 10.2. The fourth-order valence-electron chi connectivity index (χ4n) is 3.35. The van der Waals surface area contributed by atoms with Gasteiger partial charge in [0.1, 0.15) is 5.82 Å². The van der Waals surface area contributed by atoms with Gasteiger partial charge in [0.05, 0.1) is 12.2 Å². The summed E-state index contributed by atoms with van der Waals surface area (Å²) in [6.07, 6.45) is 6.86. The Morgan fingerprint density at radius 2 is 2.00 bits per heavy atom. The van der Waals surface area contributed by atoms with Crippen molar-refractivity contribution in [3.05, 3.63) is 48.4 Å². The molecule has 8 nitrogen and oxygen atoms in total. The van der Waals surface area contributed by atoms with Crippen LogP contribution in [-0.2, 0) is 6.42 Å². The largest absolute Gasteiger partial charge is 0.337 e. The van der Waals surface area contributed by atoms with Crippen molar-refractivity contribution >= 4 is 11.8 Å². The summed E-state index contributed by atoms with van der Waals surface area (Å²) in [6, 6.07) is 11.5. The molecule has 3 aromatic rings. The summed E-state index contributed by atoms with van der Waals surface area (Å²) < 4.78 is 7.18. The second kappa shape index (κ2) is 8.03. The average Bonchev–Trinajstić information content (AvgIpc) is 3.44. The van der Waals surface area contributed by atoms with Crippen LogP contribution >= 0.6 is 0 Å². The molecular weight excluding hydrogens is 344 g/mol. The van der Waals surface area contributed by atoms with Gasteiger partial charge in [-0.1, -0.05) is 36.2 Å². The van der Waals surface area contributed by atoms with Crippen LogP contribution in [0.5, 0.6) is 0 Å². The molecule has 27 heavy (non-hydrogen) atoms. The normalized spacial score (nSPS) is 14.4. The second-order valence-electron chi connectivity index (χ2n) is 6.61. The van der Waals surface area contributed by atoms with Crippen LogP contribution in [-0.4, -0.2) is 32.5 Å². The molecule has 2 amide bonds. The first-order valence-corrected chi connectivity index (χ1v) is 9.26. The predicted octanol–water partition coefficient (Wildman–Crippen LogP) is 3.41. The van der Waals surface area contributed by atoms with Gasteiger partial charge in [-0.25, -0.2) is 9.48 Å². The lowest BCUT2D eigenvalue weighted by Crippen LogP contribution is -2.31. The maximum absolute atomic E-state index is 12.2. The van der Waals surface area contributed by atoms with Gasteiger partial charge in [0.25, 0.3) is 5.89 Å². The van der Waals surface area contributed by atoms with Gasteiger partial charge in [0, 0.05) is 24.6 Å². The van der Waals surface area contributed by atoms with Gasteiger partial charge in [-0.3, -0.25) is 5.32 Å². The summed E-state index contributed by atoms with van der Waals surface area (Å²) in [4.78, 5) is 16.5. The standard InChI is InChI=1S/C19H22N6O2/c26-19(23-17-11-13-21-25(17)15-8-4-5-9-15)20-12-10-16-22-18(27-24-16)14-6-2-1-3-7-14/h1-3,6-7,11,13,15H,4-5,8-10,12H2,(H2,20,23,26). The minimum Gasteiger partial charge on any atom is -0.337 e. The number of nitrogens with zero attached hydrogens (tertiary/aromatic N) is 4. The van der Waals surface area contributed by atoms with E-state index in [1.807, 2.05) is 41.1 Å². The summed E-state index contributed by atoms with van der Waals surface area (Å²) in [6.45, 7) is 0.414. The van der Waals surface area contributed by atoms with E-state index in [1.165, 1.54) is 12.8 Å². The highest BCUT2D eigenvalue weighted by molar-refractivity contribution is 5.88. The zero-order chi connectivity index (χ0) is 18.5. The van der Waals surface area contributed by atoms with Crippen molar-refractivity contribution < 1.29 is 9.32 Å². The number of hydrogen-bond acceptors (Lipinski definition) is 5. The molecule has 140 valence electrons. The molecule has 8 heteroatoms. The number of carbonyl (C=O) groups is 1. The van der Waals surface area contributed by atoms with Gasteiger partial charge in [0.15, 0.2) is 5.82 Å². The number of carbonyl (C=O) groups excluding carboxylic acids is 1. The summed E-state index contributed by atoms with van der Waals surface area (Å²) in [5.41, 5.74) is 0.877. The monoisotopic (exact) mass is 366 g/mol. The van der Waals surface area contributed by atoms with Crippen molar-refractivity contribution in [3.63, 3.8) is 0 Å². The van der Waals surface area contributed by atoms with Crippen LogP contribution in [0.3, 0.4) is 0 Å². The molecular formula is C19H22N6O2. The van der Waals surface area contributed by atoms with Gasteiger partial charge in [-0.2, -0.15) is 10.1 Å². The van der Waals surface area contributed by atoms with Crippen molar-refractivity contribution in [1.29, 1.82) is 0 Å². The van der Waals surface area contributed by atoms with E-state index in [0.29, 0.717) is 30.7 Å². The molecule has 0 saturated heterocycles. The molecule has 2 N–H and O–H groups in total. The number of nitrogens with one attached hydrogen (secondary N) is 2. The smallest absolute Gasteiger partial charge is 0.320 e. The van der Waals surface area contributed by atoms with Crippen LogP contribution in [0.1, 0.15) is 37.5 Å². The predicted molar refractivity (Wildman–Crippen MR) is 100 cm³/mol. The Morgan fingerprint density at radius 1 is 1.19 bits per heavy atom. The molecule has 0 aliphatic heterocycles. The van der Waals surface area contributed by atoms with Crippen LogP contribution in [0.25, 0.3) is 11.5 Å². The third-order valence-corrected chi connectivity index (χ3v) is 4.71. The van der Waals surface area contributed by atoms with Gasteiger partial charge in [-0.15, -0.1) is 0 Å². The summed E-state index contributed by atoms with van der Waals surface area (Å²) >= 11 is 0. The average molecular weight is 366 g/mol. The van der Waals surface area contributed by atoms with Crippen molar-refractivity contribution in [1.82, 2.24) is 25.2 Å². The van der Waals surface area contributed by atoms with Crippen LogP contribution in [0.15, 0.2) is 47.1 Å². The number of benzene rings is 1. The highest BCUT2D eigenvalue weighted by atomic mass is 16.5. The van der Waals surface area contributed by atoms with E-state index in [2.05, 4.69) is 25.9 Å². The number of rotatable bonds is 6. The molecule has 1 aliphatic rings. The minimum atomic E-state index is -0.262. The zero-order valence-corrected chi connectivity index (χ0v) is 15.0. The fraction of sp³-hybridized carbons (Fsp3) is 0.368. The Labute approximate surface area is 157 Å². The van der Waals surface area contributed by atoms with E-state index in [-0.39, 0.29) is 6.03 Å². The summed E-state index contributed by atoms with van der Waals surface area (Å²) in [5, 5.41) is 14.0. The summed E-state index contributed by atoms with van der Waals surface area (Å²) in [7, 11) is 0. The minimum absolute atomic E-state index is 0.262. The summed E-state index contributed by atoms with van der Waals surface area (Å²) in [5.74, 6) is 1.77. The number of amides is 2. The molecule has 1 aromatic carbocycles. The lowest BCUT2D eigenvalue weighted by molar-refractivity contribution is 0.252. The Hall–Kier alpha value is -3.16. The zero-order valence-electron chi connectivity index (χ0n) is 15.0. The Kier molecular flexibility index (Phi) is 5.13. The number of aromatic nitrogens is 4. The van der Waals surface area contributed by atoms with E-state index in [0.717, 1.165) is 24.2 Å². The number of hydrogen-bond donors (Lipinski definition) is 2. The first kappa shape index (κ1) is 17.3. The van der Waals surface area contributed by atoms with E-state index in [9.17, 15) is 4.79 Å². The number of urea groups is 1. The van der Waals surface area contributed by atoms with Gasteiger partial charge in [-0.05, 0) is 25.0 Å². The molecule has 0 bridgehead atoms. The first-order valence-electron chi connectivity index (χ1n) is 9.26. The Balaban J connectivity index is 1.27. The van der Waals surface area contributed by atoms with Crippen molar-refractivity contribution in [2.75, 3.05) is 11.9 Å². The van der Waals surface area contributed by atoms with Crippen LogP contribution in [0.4, 0.5) is 10.6 Å². The second-order valence-corrected chi connectivity index (χ2v) is 6.61. The molecule has 0 radical (unpaired) electrons. The van der Waals surface area contributed by atoms with E-state index in [4.69, 9.17) is 4.52 Å². The molecule has 2 aromatic heterocycles. The maximum Gasteiger partial charge on any atom is 0.320 e. The van der Waals surface area contributed by atoms with E-state index >= 15 is 0 Å². The third kappa shape index (κ3) is 4.16. The van der Waals surface area contributed by atoms with E-state index in [1.54, 1.807) is 6.20 Å². The van der Waals surface area contributed by atoms with Crippen molar-refractivity contribution in [3.8, 4) is 11.5 Å². The van der Waals surface area contributed by atoms with Crippen LogP contribution in [0.2, 0.25) is 0 Å². The highest BCUT2D eigenvalue weighted by Crippen LogP contribution is 2.31. The lowest BCUT2D eigenvalue weighted by Gasteiger charge is -2.14. The molecule has 0 spiro atoms. The molecule has 1 saturated carbocycles. The molecule has 1 fully saturated rings. The maximum atomic E-state index is 12.2. The molecule has 0 unspecified atom stereocenters. The van der Waals surface area contributed by atoms with E-state index < -0.39 is 0 Å². The van der Waals surface area contributed by atoms with Gasteiger partial charge >= 0.3 is 6.03 Å². The van der Waals surface area contributed by atoms with Crippen molar-refractivity contribution in [2.45, 2.75) is 38.1 Å². The quantitative estimate of drug-likeness (QED) is 0.697. The van der Waals surface area contributed by atoms with Crippen LogP contribution < -0.4 is 10.6 Å². The fourth-order valence-corrected chi connectivity index (χ4v) is 3.35. The molecule has 2 heterocycles. The first-order chi connectivity index (χ1) is 13.3. The Bertz CT molecular complexity index is 883. The topological polar surface area (TPSA) is 97.9 Å².